The van der Waals surface area contributed by atoms with E-state index >= 15 is 0 Å². The molecule has 0 saturated carbocycles. The maximum absolute atomic E-state index is 12.8. The molecule has 0 aromatic heterocycles. The van der Waals surface area contributed by atoms with Crippen LogP contribution in [0.3, 0.4) is 0 Å². The molecule has 4 rings (SSSR count). The molecule has 0 radical (unpaired) electrons. The van der Waals surface area contributed by atoms with E-state index in [1.807, 2.05) is 0 Å². The monoisotopic (exact) mass is 315 g/mol. The number of benzene rings is 1. The number of ether oxygens (including phenoxy) is 1. The summed E-state index contributed by atoms with van der Waals surface area (Å²) < 4.78 is 5.79. The predicted molar refractivity (Wildman–Crippen MR) is 77.1 cm³/mol. The van der Waals surface area contributed by atoms with Gasteiger partial charge in [-0.1, -0.05) is 18.2 Å². The average molecular weight is 315 g/mol. The Bertz CT molecular complexity index is 772. The van der Waals surface area contributed by atoms with E-state index < -0.39 is 35.5 Å². The lowest BCUT2D eigenvalue weighted by atomic mass is 9.77. The number of aromatic carboxylic acids is 1. The fraction of sp³-hybridized carbons (Fsp3) is 0.312. The van der Waals surface area contributed by atoms with Gasteiger partial charge in [-0.15, -0.1) is 0 Å². The molecule has 4 unspecified atom stereocenters. The van der Waals surface area contributed by atoms with Crippen LogP contribution in [0, 0.1) is 11.8 Å². The molecule has 118 valence electrons. The van der Waals surface area contributed by atoms with E-state index in [4.69, 9.17) is 9.84 Å². The molecule has 2 N–H and O–H groups in total. The lowest BCUT2D eigenvalue weighted by molar-refractivity contribution is -0.146. The fourth-order valence-corrected chi connectivity index (χ4v) is 3.81. The van der Waals surface area contributed by atoms with Gasteiger partial charge in [0.05, 0.1) is 24.1 Å². The SMILES string of the molecule is O=C(O)c1cccc(N2CC34C=CC(O3)C(C(=O)O)C4C2=O)c1. The topological polar surface area (TPSA) is 104 Å². The first kappa shape index (κ1) is 14.0. The number of rotatable bonds is 3. The summed E-state index contributed by atoms with van der Waals surface area (Å²) in [6.07, 6.45) is 2.88. The first-order valence-electron chi connectivity index (χ1n) is 7.18. The van der Waals surface area contributed by atoms with Crippen molar-refractivity contribution < 1.29 is 29.3 Å². The molecule has 1 aromatic rings. The number of carbonyl (C=O) groups is 3. The molecule has 7 nitrogen and oxygen atoms in total. The van der Waals surface area contributed by atoms with Crippen molar-refractivity contribution in [2.75, 3.05) is 11.4 Å². The van der Waals surface area contributed by atoms with E-state index in [0.717, 1.165) is 0 Å². The van der Waals surface area contributed by atoms with Gasteiger partial charge in [0.15, 0.2) is 0 Å². The number of aliphatic carboxylic acids is 1. The van der Waals surface area contributed by atoms with Crippen molar-refractivity contribution in [3.8, 4) is 0 Å². The second-order valence-corrected chi connectivity index (χ2v) is 6.02. The molecule has 23 heavy (non-hydrogen) atoms. The summed E-state index contributed by atoms with van der Waals surface area (Å²) in [5, 5.41) is 18.5. The number of anilines is 1. The van der Waals surface area contributed by atoms with E-state index in [9.17, 15) is 19.5 Å². The Balaban J connectivity index is 1.73. The Morgan fingerprint density at radius 1 is 1.30 bits per heavy atom. The number of carboxylic acids is 2. The van der Waals surface area contributed by atoms with Gasteiger partial charge in [0, 0.05) is 5.69 Å². The van der Waals surface area contributed by atoms with Gasteiger partial charge in [-0.2, -0.15) is 0 Å². The van der Waals surface area contributed by atoms with Crippen molar-refractivity contribution in [3.63, 3.8) is 0 Å². The molecule has 2 fully saturated rings. The molecule has 4 atom stereocenters. The molecule has 1 amide bonds. The van der Waals surface area contributed by atoms with Gasteiger partial charge in [-0.3, -0.25) is 9.59 Å². The Hall–Kier alpha value is -2.67. The zero-order valence-corrected chi connectivity index (χ0v) is 11.9. The van der Waals surface area contributed by atoms with Gasteiger partial charge in [0.25, 0.3) is 0 Å². The Labute approximate surface area is 130 Å². The molecule has 2 saturated heterocycles. The van der Waals surface area contributed by atoms with E-state index in [-0.39, 0.29) is 18.0 Å². The van der Waals surface area contributed by atoms with Gasteiger partial charge in [0.1, 0.15) is 11.5 Å². The molecular formula is C16H13NO6. The number of nitrogens with zero attached hydrogens (tertiary/aromatic N) is 1. The van der Waals surface area contributed by atoms with Crippen molar-refractivity contribution in [1.82, 2.24) is 0 Å². The maximum atomic E-state index is 12.8. The minimum Gasteiger partial charge on any atom is -0.481 e. The minimum absolute atomic E-state index is 0.0698. The molecular weight excluding hydrogens is 302 g/mol. The Morgan fingerprint density at radius 2 is 2.09 bits per heavy atom. The number of hydrogen-bond acceptors (Lipinski definition) is 4. The maximum Gasteiger partial charge on any atom is 0.335 e. The smallest absolute Gasteiger partial charge is 0.335 e. The largest absolute Gasteiger partial charge is 0.481 e. The third-order valence-electron chi connectivity index (χ3n) is 4.79. The Kier molecular flexibility index (Phi) is 2.68. The second-order valence-electron chi connectivity index (χ2n) is 6.02. The summed E-state index contributed by atoms with van der Waals surface area (Å²) in [4.78, 5) is 36.8. The number of fused-ring (bicyclic) bond motifs is 1. The van der Waals surface area contributed by atoms with E-state index in [1.54, 1.807) is 24.3 Å². The predicted octanol–water partition coefficient (Wildman–Crippen LogP) is 0.756. The highest BCUT2D eigenvalue weighted by molar-refractivity contribution is 6.03. The lowest BCUT2D eigenvalue weighted by Crippen LogP contribution is -2.39. The molecule has 3 aliphatic rings. The van der Waals surface area contributed by atoms with Gasteiger partial charge in [-0.05, 0) is 18.2 Å². The third kappa shape index (κ3) is 1.77. The van der Waals surface area contributed by atoms with Crippen molar-refractivity contribution in [3.05, 3.63) is 42.0 Å². The highest BCUT2D eigenvalue weighted by Crippen LogP contribution is 2.52. The zero-order chi connectivity index (χ0) is 16.4. The molecule has 3 aliphatic heterocycles. The molecule has 1 aromatic carbocycles. The number of amides is 1. The summed E-state index contributed by atoms with van der Waals surface area (Å²) >= 11 is 0. The van der Waals surface area contributed by atoms with E-state index in [0.29, 0.717) is 5.69 Å². The van der Waals surface area contributed by atoms with Crippen LogP contribution in [0.1, 0.15) is 10.4 Å². The van der Waals surface area contributed by atoms with Crippen molar-refractivity contribution in [2.24, 2.45) is 11.8 Å². The standard InChI is InChI=1S/C16H13NO6/c18-13-12-11(15(21)22)10-4-5-16(12,23-10)7-17(13)9-3-1-2-8(6-9)14(19)20/h1-6,10-12H,7H2,(H,19,20)(H,21,22). The number of carbonyl (C=O) groups excluding carboxylic acids is 1. The van der Waals surface area contributed by atoms with Crippen LogP contribution in [0.2, 0.25) is 0 Å². The molecule has 2 bridgehead atoms. The summed E-state index contributed by atoms with van der Waals surface area (Å²) in [7, 11) is 0. The summed E-state index contributed by atoms with van der Waals surface area (Å²) in [5.41, 5.74) is -0.423. The Morgan fingerprint density at radius 3 is 2.78 bits per heavy atom. The van der Waals surface area contributed by atoms with Gasteiger partial charge < -0.3 is 19.8 Å². The summed E-state index contributed by atoms with van der Waals surface area (Å²) in [6, 6.07) is 6.03. The van der Waals surface area contributed by atoms with Crippen molar-refractivity contribution >= 4 is 23.5 Å². The fourth-order valence-electron chi connectivity index (χ4n) is 3.81. The van der Waals surface area contributed by atoms with Crippen LogP contribution >= 0.6 is 0 Å². The van der Waals surface area contributed by atoms with Crippen molar-refractivity contribution in [1.29, 1.82) is 0 Å². The van der Waals surface area contributed by atoms with Crippen LogP contribution in [0.25, 0.3) is 0 Å². The summed E-state index contributed by atoms with van der Waals surface area (Å²) in [6.45, 7) is 0.191. The van der Waals surface area contributed by atoms with Crippen LogP contribution in [-0.2, 0) is 14.3 Å². The molecule has 3 heterocycles. The van der Waals surface area contributed by atoms with Crippen molar-refractivity contribution in [2.45, 2.75) is 11.7 Å². The van der Waals surface area contributed by atoms with Crippen LogP contribution in [0.5, 0.6) is 0 Å². The van der Waals surface area contributed by atoms with Crippen LogP contribution in [0.4, 0.5) is 5.69 Å². The van der Waals surface area contributed by atoms with Crippen LogP contribution in [0.15, 0.2) is 36.4 Å². The lowest BCUT2D eigenvalue weighted by Gasteiger charge is -2.21. The van der Waals surface area contributed by atoms with Gasteiger partial charge in [-0.25, -0.2) is 4.79 Å². The zero-order valence-electron chi connectivity index (χ0n) is 11.9. The third-order valence-corrected chi connectivity index (χ3v) is 4.79. The van der Waals surface area contributed by atoms with E-state index in [2.05, 4.69) is 0 Å². The van der Waals surface area contributed by atoms with Crippen LogP contribution in [-0.4, -0.2) is 46.3 Å². The highest BCUT2D eigenvalue weighted by atomic mass is 16.5. The van der Waals surface area contributed by atoms with Crippen LogP contribution < -0.4 is 4.90 Å². The highest BCUT2D eigenvalue weighted by Gasteiger charge is 2.67. The quantitative estimate of drug-likeness (QED) is 0.798. The first-order chi connectivity index (χ1) is 10.9. The van der Waals surface area contributed by atoms with E-state index in [1.165, 1.54) is 17.0 Å². The molecule has 1 spiro atoms. The average Bonchev–Trinajstić information content (AvgIpc) is 3.15. The molecule has 0 aliphatic carbocycles. The normalized spacial score (nSPS) is 34.0. The number of hydrogen-bond donors (Lipinski definition) is 2. The first-order valence-corrected chi connectivity index (χ1v) is 7.18. The minimum atomic E-state index is -1.09. The number of carboxylic acid groups (broad SMARTS) is 2. The molecule has 7 heteroatoms. The van der Waals surface area contributed by atoms with Gasteiger partial charge >= 0.3 is 11.9 Å². The second kappa shape index (κ2) is 4.42. The summed E-state index contributed by atoms with van der Waals surface area (Å²) in [5.74, 6) is -4.16. The van der Waals surface area contributed by atoms with Gasteiger partial charge in [0.2, 0.25) is 5.91 Å².